The average Bonchev–Trinajstić information content (AvgIpc) is 2.25. The molecule has 1 aromatic heterocycles. The Morgan fingerprint density at radius 2 is 2.12 bits per heavy atom. The topological polar surface area (TPSA) is 28.2 Å². The molecule has 0 aliphatic carbocycles. The second kappa shape index (κ2) is 5.82. The van der Waals surface area contributed by atoms with Gasteiger partial charge in [-0.15, -0.1) is 6.58 Å². The highest BCUT2D eigenvalue weighted by molar-refractivity contribution is 5.42. The summed E-state index contributed by atoms with van der Waals surface area (Å²) in [5.74, 6) is 1.00. The van der Waals surface area contributed by atoms with Crippen LogP contribution in [0.25, 0.3) is 0 Å². The predicted molar refractivity (Wildman–Crippen MR) is 74.3 cm³/mol. The Balaban J connectivity index is 3.01. The first-order valence-corrected chi connectivity index (χ1v) is 5.98. The minimum absolute atomic E-state index is 0.0411. The summed E-state index contributed by atoms with van der Waals surface area (Å²) in [4.78, 5) is 6.91. The predicted octanol–water partition coefficient (Wildman–Crippen LogP) is 2.59. The summed E-state index contributed by atoms with van der Waals surface area (Å²) >= 11 is 0. The number of rotatable bonds is 5. The Kier molecular flexibility index (Phi) is 4.70. The molecular weight excluding hydrogens is 210 g/mol. The van der Waals surface area contributed by atoms with Gasteiger partial charge in [-0.25, -0.2) is 4.98 Å². The summed E-state index contributed by atoms with van der Waals surface area (Å²) in [7, 11) is 1.93. The van der Waals surface area contributed by atoms with E-state index < -0.39 is 0 Å². The van der Waals surface area contributed by atoms with Gasteiger partial charge in [-0.1, -0.05) is 12.1 Å². The smallest absolute Gasteiger partial charge is 0.129 e. The quantitative estimate of drug-likeness (QED) is 0.792. The van der Waals surface area contributed by atoms with Crippen molar-refractivity contribution in [2.45, 2.75) is 32.9 Å². The van der Waals surface area contributed by atoms with E-state index in [1.807, 2.05) is 25.3 Å². The van der Waals surface area contributed by atoms with Gasteiger partial charge in [-0.2, -0.15) is 0 Å². The summed E-state index contributed by atoms with van der Waals surface area (Å²) in [5, 5.41) is 3.12. The van der Waals surface area contributed by atoms with Crippen molar-refractivity contribution in [3.8, 4) is 0 Å². The molecule has 0 fully saturated rings. The molecule has 17 heavy (non-hydrogen) atoms. The van der Waals surface area contributed by atoms with Crippen LogP contribution in [0.5, 0.6) is 0 Å². The number of anilines is 1. The van der Waals surface area contributed by atoms with Crippen LogP contribution in [-0.2, 0) is 6.54 Å². The molecule has 0 saturated heterocycles. The normalized spacial score (nSPS) is 11.3. The molecule has 0 radical (unpaired) electrons. The molecule has 1 heterocycles. The molecule has 3 nitrogen and oxygen atoms in total. The highest BCUT2D eigenvalue weighted by Crippen LogP contribution is 2.21. The average molecular weight is 233 g/mol. The highest BCUT2D eigenvalue weighted by Gasteiger charge is 2.21. The van der Waals surface area contributed by atoms with Crippen LogP contribution in [0, 0.1) is 0 Å². The summed E-state index contributed by atoms with van der Waals surface area (Å²) in [5.41, 5.74) is 1.10. The number of aromatic nitrogens is 1. The Morgan fingerprint density at radius 1 is 1.41 bits per heavy atom. The molecule has 0 aliphatic heterocycles. The Morgan fingerprint density at radius 3 is 2.65 bits per heavy atom. The minimum atomic E-state index is 0.0411. The SMILES string of the molecule is C=CCN(c1cccc(CNC)n1)C(C)(C)C. The van der Waals surface area contributed by atoms with E-state index >= 15 is 0 Å². The maximum Gasteiger partial charge on any atom is 0.129 e. The minimum Gasteiger partial charge on any atom is -0.348 e. The van der Waals surface area contributed by atoms with Crippen LogP contribution in [0.1, 0.15) is 26.5 Å². The van der Waals surface area contributed by atoms with Crippen molar-refractivity contribution >= 4 is 5.82 Å². The maximum atomic E-state index is 4.66. The molecule has 1 rings (SSSR count). The standard InChI is InChI=1S/C14H23N3/c1-6-10-17(14(2,3)4)13-9-7-8-12(16-13)11-15-5/h6-9,15H,1,10-11H2,2-5H3. The monoisotopic (exact) mass is 233 g/mol. The lowest BCUT2D eigenvalue weighted by Gasteiger charge is -2.36. The van der Waals surface area contributed by atoms with Gasteiger partial charge in [0.15, 0.2) is 0 Å². The van der Waals surface area contributed by atoms with Crippen molar-refractivity contribution in [2.75, 3.05) is 18.5 Å². The summed E-state index contributed by atoms with van der Waals surface area (Å²) in [6.07, 6.45) is 1.91. The molecule has 0 aliphatic rings. The zero-order valence-electron chi connectivity index (χ0n) is 11.3. The fraction of sp³-hybridized carbons (Fsp3) is 0.500. The van der Waals surface area contributed by atoms with Crippen molar-refractivity contribution in [1.29, 1.82) is 0 Å². The van der Waals surface area contributed by atoms with Crippen molar-refractivity contribution in [3.63, 3.8) is 0 Å². The summed E-state index contributed by atoms with van der Waals surface area (Å²) in [6.45, 7) is 12.0. The first kappa shape index (κ1) is 13.7. The second-order valence-corrected chi connectivity index (χ2v) is 5.09. The molecule has 1 N–H and O–H groups in total. The molecule has 0 atom stereocenters. The van der Waals surface area contributed by atoms with Gasteiger partial charge in [0.05, 0.1) is 5.69 Å². The molecule has 0 saturated carbocycles. The van der Waals surface area contributed by atoms with E-state index in [-0.39, 0.29) is 5.54 Å². The van der Waals surface area contributed by atoms with Crippen LogP contribution in [-0.4, -0.2) is 24.1 Å². The van der Waals surface area contributed by atoms with E-state index in [1.165, 1.54) is 0 Å². The van der Waals surface area contributed by atoms with Gasteiger partial charge in [0.25, 0.3) is 0 Å². The van der Waals surface area contributed by atoms with Crippen molar-refractivity contribution in [3.05, 3.63) is 36.5 Å². The molecule has 0 bridgehead atoms. The first-order valence-electron chi connectivity index (χ1n) is 5.98. The van der Waals surface area contributed by atoms with Gasteiger partial charge in [0.1, 0.15) is 5.82 Å². The molecular formula is C14H23N3. The van der Waals surface area contributed by atoms with Crippen LogP contribution in [0.3, 0.4) is 0 Å². The van der Waals surface area contributed by atoms with Crippen LogP contribution < -0.4 is 10.2 Å². The zero-order chi connectivity index (χ0) is 12.9. The van der Waals surface area contributed by atoms with Crippen LogP contribution in [0.4, 0.5) is 5.82 Å². The van der Waals surface area contributed by atoms with E-state index in [9.17, 15) is 0 Å². The molecule has 94 valence electrons. The Bertz CT molecular complexity index is 366. The van der Waals surface area contributed by atoms with E-state index in [4.69, 9.17) is 0 Å². The molecule has 0 amide bonds. The molecule has 3 heteroatoms. The van der Waals surface area contributed by atoms with Crippen LogP contribution >= 0.6 is 0 Å². The molecule has 0 unspecified atom stereocenters. The van der Waals surface area contributed by atoms with Crippen molar-refractivity contribution < 1.29 is 0 Å². The third kappa shape index (κ3) is 3.86. The number of hydrogen-bond donors (Lipinski definition) is 1. The number of nitrogens with one attached hydrogen (secondary N) is 1. The van der Waals surface area contributed by atoms with Crippen molar-refractivity contribution in [1.82, 2.24) is 10.3 Å². The number of nitrogens with zero attached hydrogens (tertiary/aromatic N) is 2. The third-order valence-corrected chi connectivity index (χ3v) is 2.55. The zero-order valence-corrected chi connectivity index (χ0v) is 11.3. The van der Waals surface area contributed by atoms with Gasteiger partial charge in [0, 0.05) is 18.6 Å². The van der Waals surface area contributed by atoms with Gasteiger partial charge >= 0.3 is 0 Å². The lowest BCUT2D eigenvalue weighted by atomic mass is 10.1. The van der Waals surface area contributed by atoms with Crippen LogP contribution in [0.2, 0.25) is 0 Å². The molecule has 0 aromatic carbocycles. The summed E-state index contributed by atoms with van der Waals surface area (Å²) < 4.78 is 0. The molecule has 0 spiro atoms. The van der Waals surface area contributed by atoms with E-state index in [0.717, 1.165) is 24.6 Å². The van der Waals surface area contributed by atoms with E-state index in [0.29, 0.717) is 0 Å². The van der Waals surface area contributed by atoms with E-state index in [1.54, 1.807) is 0 Å². The summed E-state index contributed by atoms with van der Waals surface area (Å²) in [6, 6.07) is 6.14. The Hall–Kier alpha value is -1.35. The highest BCUT2D eigenvalue weighted by atomic mass is 15.2. The maximum absolute atomic E-state index is 4.66. The second-order valence-electron chi connectivity index (χ2n) is 5.09. The first-order chi connectivity index (χ1) is 7.99. The molecule has 1 aromatic rings. The Labute approximate surface area is 105 Å². The van der Waals surface area contributed by atoms with Gasteiger partial charge in [0.2, 0.25) is 0 Å². The van der Waals surface area contributed by atoms with Crippen LogP contribution in [0.15, 0.2) is 30.9 Å². The number of pyridine rings is 1. The fourth-order valence-corrected chi connectivity index (χ4v) is 1.74. The van der Waals surface area contributed by atoms with Gasteiger partial charge < -0.3 is 10.2 Å². The lowest BCUT2D eigenvalue weighted by molar-refractivity contribution is 0.516. The van der Waals surface area contributed by atoms with Crippen molar-refractivity contribution in [2.24, 2.45) is 0 Å². The van der Waals surface area contributed by atoms with Gasteiger partial charge in [-0.3, -0.25) is 0 Å². The van der Waals surface area contributed by atoms with E-state index in [2.05, 4.69) is 48.6 Å². The lowest BCUT2D eigenvalue weighted by Crippen LogP contribution is -2.42. The largest absolute Gasteiger partial charge is 0.348 e. The number of hydrogen-bond acceptors (Lipinski definition) is 3. The van der Waals surface area contributed by atoms with Gasteiger partial charge in [-0.05, 0) is 40.0 Å². The third-order valence-electron chi connectivity index (χ3n) is 2.55. The fourth-order valence-electron chi connectivity index (χ4n) is 1.74.